The number of carbonyl (C=O) groups excluding carboxylic acids is 1. The van der Waals surface area contributed by atoms with E-state index >= 15 is 0 Å². The van der Waals surface area contributed by atoms with Crippen LogP contribution in [0.2, 0.25) is 0 Å². The maximum absolute atomic E-state index is 12.1. The van der Waals surface area contributed by atoms with Crippen LogP contribution in [-0.2, 0) is 4.79 Å². The van der Waals surface area contributed by atoms with Crippen LogP contribution in [0.4, 0.5) is 0 Å². The average molecular weight is 329 g/mol. The Bertz CT molecular complexity index is 628. The van der Waals surface area contributed by atoms with E-state index in [1.165, 1.54) is 0 Å². The largest absolute Gasteiger partial charge is 0.497 e. The summed E-state index contributed by atoms with van der Waals surface area (Å²) in [6, 6.07) is 16.4. The first-order valence-electron chi connectivity index (χ1n) is 7.87. The van der Waals surface area contributed by atoms with E-state index in [0.717, 1.165) is 11.5 Å². The Hall–Kier alpha value is -2.69. The van der Waals surface area contributed by atoms with Crippen molar-refractivity contribution in [1.82, 2.24) is 5.32 Å². The number of ether oxygens (including phenoxy) is 3. The minimum atomic E-state index is -0.573. The molecule has 2 aromatic rings. The maximum Gasteiger partial charge on any atom is 0.261 e. The van der Waals surface area contributed by atoms with Gasteiger partial charge in [-0.05, 0) is 50.2 Å². The predicted molar refractivity (Wildman–Crippen MR) is 92.6 cm³/mol. The highest BCUT2D eigenvalue weighted by molar-refractivity contribution is 5.80. The van der Waals surface area contributed by atoms with E-state index in [4.69, 9.17) is 14.2 Å². The van der Waals surface area contributed by atoms with E-state index in [-0.39, 0.29) is 11.9 Å². The maximum atomic E-state index is 12.1. The summed E-state index contributed by atoms with van der Waals surface area (Å²) in [4.78, 5) is 12.1. The van der Waals surface area contributed by atoms with Crippen molar-refractivity contribution < 1.29 is 19.0 Å². The first-order valence-corrected chi connectivity index (χ1v) is 7.87. The second-order valence-corrected chi connectivity index (χ2v) is 5.47. The van der Waals surface area contributed by atoms with E-state index in [9.17, 15) is 4.79 Å². The molecule has 0 unspecified atom stereocenters. The normalized spacial score (nSPS) is 12.8. The smallest absolute Gasteiger partial charge is 0.261 e. The number of hydrogen-bond donors (Lipinski definition) is 1. The molecule has 5 nitrogen and oxygen atoms in total. The zero-order valence-corrected chi connectivity index (χ0v) is 14.2. The van der Waals surface area contributed by atoms with Crippen LogP contribution in [0, 0.1) is 0 Å². The Labute approximate surface area is 142 Å². The van der Waals surface area contributed by atoms with Crippen LogP contribution in [-0.4, -0.2) is 31.8 Å². The Morgan fingerprint density at radius 2 is 1.58 bits per heavy atom. The number of nitrogens with one attached hydrogen (secondary N) is 1. The van der Waals surface area contributed by atoms with Gasteiger partial charge in [0.2, 0.25) is 0 Å². The van der Waals surface area contributed by atoms with Gasteiger partial charge in [0.15, 0.2) is 6.10 Å². The fourth-order valence-electron chi connectivity index (χ4n) is 2.05. The highest BCUT2D eigenvalue weighted by Crippen LogP contribution is 2.17. The average Bonchev–Trinajstić information content (AvgIpc) is 2.61. The lowest BCUT2D eigenvalue weighted by atomic mass is 10.3. The van der Waals surface area contributed by atoms with Crippen molar-refractivity contribution in [3.05, 3.63) is 54.6 Å². The summed E-state index contributed by atoms with van der Waals surface area (Å²) in [6.07, 6.45) is -0.573. The summed E-state index contributed by atoms with van der Waals surface area (Å²) in [6.45, 7) is 3.98. The van der Waals surface area contributed by atoms with Crippen LogP contribution in [0.3, 0.4) is 0 Å². The molecule has 0 saturated carbocycles. The van der Waals surface area contributed by atoms with Crippen LogP contribution in [0.5, 0.6) is 17.2 Å². The highest BCUT2D eigenvalue weighted by Gasteiger charge is 2.17. The first kappa shape index (κ1) is 17.7. The number of methoxy groups -OCH3 is 1. The standard InChI is InChI=1S/C19H23NO4/c1-14(13-23-17-11-9-16(22-3)10-12-17)20-19(21)15(2)24-18-7-5-4-6-8-18/h4-12,14-15H,13H2,1-3H3,(H,20,21)/t14-,15+/m1/s1. The van der Waals surface area contributed by atoms with Crippen LogP contribution >= 0.6 is 0 Å². The van der Waals surface area contributed by atoms with E-state index in [1.54, 1.807) is 14.0 Å². The van der Waals surface area contributed by atoms with Crippen molar-refractivity contribution in [3.8, 4) is 17.2 Å². The lowest BCUT2D eigenvalue weighted by Crippen LogP contribution is -2.43. The van der Waals surface area contributed by atoms with Gasteiger partial charge in [0, 0.05) is 0 Å². The molecule has 0 saturated heterocycles. The van der Waals surface area contributed by atoms with E-state index < -0.39 is 6.10 Å². The molecule has 0 bridgehead atoms. The van der Waals surface area contributed by atoms with E-state index in [1.807, 2.05) is 61.5 Å². The molecule has 128 valence electrons. The zero-order chi connectivity index (χ0) is 17.4. The SMILES string of the molecule is COc1ccc(OC[C@@H](C)NC(=O)[C@H](C)Oc2ccccc2)cc1. The third kappa shape index (κ3) is 5.50. The quantitative estimate of drug-likeness (QED) is 0.809. The number of para-hydroxylation sites is 1. The zero-order valence-electron chi connectivity index (χ0n) is 14.2. The summed E-state index contributed by atoms with van der Waals surface area (Å²) in [5, 5.41) is 2.88. The van der Waals surface area contributed by atoms with Crippen molar-refractivity contribution in [2.45, 2.75) is 26.0 Å². The van der Waals surface area contributed by atoms with Gasteiger partial charge in [-0.25, -0.2) is 0 Å². The molecule has 0 spiro atoms. The van der Waals surface area contributed by atoms with Crippen molar-refractivity contribution in [2.75, 3.05) is 13.7 Å². The molecule has 1 amide bonds. The van der Waals surface area contributed by atoms with Gasteiger partial charge in [0.25, 0.3) is 5.91 Å². The molecule has 2 atom stereocenters. The summed E-state index contributed by atoms with van der Waals surface area (Å²) >= 11 is 0. The molecule has 2 rings (SSSR count). The van der Waals surface area contributed by atoms with E-state index in [2.05, 4.69) is 5.32 Å². The van der Waals surface area contributed by atoms with Crippen LogP contribution < -0.4 is 19.5 Å². The number of carbonyl (C=O) groups is 1. The van der Waals surface area contributed by atoms with Crippen molar-refractivity contribution >= 4 is 5.91 Å². The summed E-state index contributed by atoms with van der Waals surface area (Å²) in [5.41, 5.74) is 0. The van der Waals surface area contributed by atoms with Crippen LogP contribution in [0.25, 0.3) is 0 Å². The molecule has 5 heteroatoms. The Morgan fingerprint density at radius 1 is 0.958 bits per heavy atom. The fraction of sp³-hybridized carbons (Fsp3) is 0.316. The third-order valence-electron chi connectivity index (χ3n) is 3.37. The molecular weight excluding hydrogens is 306 g/mol. The molecule has 0 fully saturated rings. The molecule has 0 radical (unpaired) electrons. The van der Waals surface area contributed by atoms with Crippen molar-refractivity contribution in [3.63, 3.8) is 0 Å². The minimum absolute atomic E-state index is 0.138. The molecule has 0 aliphatic carbocycles. The van der Waals surface area contributed by atoms with Gasteiger partial charge in [-0.3, -0.25) is 4.79 Å². The van der Waals surface area contributed by atoms with Gasteiger partial charge >= 0.3 is 0 Å². The second kappa shape index (κ2) is 8.82. The monoisotopic (exact) mass is 329 g/mol. The molecular formula is C19H23NO4. The van der Waals surface area contributed by atoms with E-state index in [0.29, 0.717) is 12.4 Å². The molecule has 1 N–H and O–H groups in total. The summed E-state index contributed by atoms with van der Waals surface area (Å²) in [7, 11) is 1.62. The lowest BCUT2D eigenvalue weighted by Gasteiger charge is -2.19. The second-order valence-electron chi connectivity index (χ2n) is 5.47. The molecule has 0 aliphatic rings. The molecule has 2 aromatic carbocycles. The molecule has 0 aromatic heterocycles. The first-order chi connectivity index (χ1) is 11.6. The Morgan fingerprint density at radius 3 is 2.21 bits per heavy atom. The van der Waals surface area contributed by atoms with Crippen molar-refractivity contribution in [1.29, 1.82) is 0 Å². The number of rotatable bonds is 8. The third-order valence-corrected chi connectivity index (χ3v) is 3.37. The van der Waals surface area contributed by atoms with Gasteiger partial charge in [-0.2, -0.15) is 0 Å². The van der Waals surface area contributed by atoms with Gasteiger partial charge in [0.1, 0.15) is 23.9 Å². The Kier molecular flexibility index (Phi) is 6.49. The highest BCUT2D eigenvalue weighted by atomic mass is 16.5. The number of benzene rings is 2. The molecule has 0 aliphatic heterocycles. The minimum Gasteiger partial charge on any atom is -0.497 e. The predicted octanol–water partition coefficient (Wildman–Crippen LogP) is 3.05. The van der Waals surface area contributed by atoms with Crippen LogP contribution in [0.1, 0.15) is 13.8 Å². The van der Waals surface area contributed by atoms with Crippen LogP contribution in [0.15, 0.2) is 54.6 Å². The van der Waals surface area contributed by atoms with Gasteiger partial charge in [-0.1, -0.05) is 18.2 Å². The van der Waals surface area contributed by atoms with Crippen molar-refractivity contribution in [2.24, 2.45) is 0 Å². The number of amides is 1. The Balaban J connectivity index is 1.76. The molecule has 0 heterocycles. The summed E-state index contributed by atoms with van der Waals surface area (Å²) < 4.78 is 16.3. The summed E-state index contributed by atoms with van der Waals surface area (Å²) in [5.74, 6) is 1.99. The van der Waals surface area contributed by atoms with Gasteiger partial charge < -0.3 is 19.5 Å². The lowest BCUT2D eigenvalue weighted by molar-refractivity contribution is -0.128. The number of hydrogen-bond acceptors (Lipinski definition) is 4. The fourth-order valence-corrected chi connectivity index (χ4v) is 2.05. The van der Waals surface area contributed by atoms with Gasteiger partial charge in [-0.15, -0.1) is 0 Å². The topological polar surface area (TPSA) is 56.8 Å². The molecule has 24 heavy (non-hydrogen) atoms. The van der Waals surface area contributed by atoms with Gasteiger partial charge in [0.05, 0.1) is 13.2 Å².